The summed E-state index contributed by atoms with van der Waals surface area (Å²) in [5.41, 5.74) is 7.23. The fourth-order valence-electron chi connectivity index (χ4n) is 7.39. The summed E-state index contributed by atoms with van der Waals surface area (Å²) in [6.07, 6.45) is 30.8. The molecule has 0 aliphatic heterocycles. The van der Waals surface area contributed by atoms with Gasteiger partial charge >= 0.3 is 0 Å². The molecule has 0 saturated heterocycles. The lowest BCUT2D eigenvalue weighted by atomic mass is 9.91. The first-order valence-electron chi connectivity index (χ1n) is 20.9. The highest BCUT2D eigenvalue weighted by Gasteiger charge is 2.16. The third-order valence-electron chi connectivity index (χ3n) is 10.6. The molecule has 0 aromatic heterocycles. The fourth-order valence-corrected chi connectivity index (χ4v) is 7.39. The predicted octanol–water partition coefficient (Wildman–Crippen LogP) is 13.9. The summed E-state index contributed by atoms with van der Waals surface area (Å²) in [6.45, 7) is 6.79. The first-order valence-corrected chi connectivity index (χ1v) is 20.9. The highest BCUT2D eigenvalue weighted by Crippen LogP contribution is 2.34. The molecule has 0 atom stereocenters. The molecule has 3 N–H and O–H groups in total. The minimum absolute atomic E-state index is 0.294. The standard InChI is InChI=1S/C47H72O3/c1-4-7-10-13-16-19-22-25-38-28-30-45(48)41(32-38)36-43-34-40(27-24-21-18-15-12-9-6-3)35-44(47(43)50)37-42-33-39(29-31-46(42)49)26-23-20-17-14-11-8-5-2/h28-35,48-50H,4-27,36-37H2,1-3H3. The van der Waals surface area contributed by atoms with Crippen LogP contribution in [0.3, 0.4) is 0 Å². The zero-order valence-corrected chi connectivity index (χ0v) is 32.3. The highest BCUT2D eigenvalue weighted by molar-refractivity contribution is 5.51. The van der Waals surface area contributed by atoms with Gasteiger partial charge in [0.05, 0.1) is 0 Å². The summed E-state index contributed by atoms with van der Waals surface area (Å²) in [7, 11) is 0. The lowest BCUT2D eigenvalue weighted by molar-refractivity contribution is 0.456. The van der Waals surface area contributed by atoms with Crippen LogP contribution in [-0.4, -0.2) is 15.3 Å². The Kier molecular flexibility index (Phi) is 20.8. The molecule has 0 fully saturated rings. The maximum atomic E-state index is 11.7. The van der Waals surface area contributed by atoms with Crippen LogP contribution in [0.5, 0.6) is 17.2 Å². The lowest BCUT2D eigenvalue weighted by Crippen LogP contribution is -2.00. The van der Waals surface area contributed by atoms with Gasteiger partial charge in [-0.2, -0.15) is 0 Å². The van der Waals surface area contributed by atoms with Crippen molar-refractivity contribution in [3.05, 3.63) is 87.5 Å². The van der Waals surface area contributed by atoms with Gasteiger partial charge in [-0.1, -0.05) is 173 Å². The summed E-state index contributed by atoms with van der Waals surface area (Å²) in [5.74, 6) is 0.881. The second kappa shape index (κ2) is 25.1. The van der Waals surface area contributed by atoms with Crippen molar-refractivity contribution >= 4 is 0 Å². The molecule has 0 heterocycles. The van der Waals surface area contributed by atoms with Crippen LogP contribution in [0.1, 0.15) is 195 Å². The molecular formula is C47H72O3. The number of hydrogen-bond acceptors (Lipinski definition) is 3. The molecule has 3 heteroatoms. The van der Waals surface area contributed by atoms with E-state index in [1.54, 1.807) is 0 Å². The van der Waals surface area contributed by atoms with Gasteiger partial charge in [0.25, 0.3) is 0 Å². The van der Waals surface area contributed by atoms with E-state index in [2.05, 4.69) is 57.2 Å². The van der Waals surface area contributed by atoms with Crippen molar-refractivity contribution in [1.82, 2.24) is 0 Å². The normalized spacial score (nSPS) is 11.4. The molecule has 0 amide bonds. The van der Waals surface area contributed by atoms with E-state index in [0.29, 0.717) is 30.1 Å². The van der Waals surface area contributed by atoms with Gasteiger partial charge in [0, 0.05) is 12.8 Å². The van der Waals surface area contributed by atoms with E-state index in [4.69, 9.17) is 0 Å². The second-order valence-electron chi connectivity index (χ2n) is 15.2. The number of phenolic OH excluding ortho intramolecular Hbond substituents is 3. The topological polar surface area (TPSA) is 60.7 Å². The molecule has 0 unspecified atom stereocenters. The van der Waals surface area contributed by atoms with Crippen molar-refractivity contribution in [2.24, 2.45) is 0 Å². The summed E-state index contributed by atoms with van der Waals surface area (Å²) < 4.78 is 0. The van der Waals surface area contributed by atoms with Crippen LogP contribution in [0.4, 0.5) is 0 Å². The van der Waals surface area contributed by atoms with Gasteiger partial charge < -0.3 is 15.3 Å². The molecule has 0 aliphatic carbocycles. The van der Waals surface area contributed by atoms with E-state index >= 15 is 0 Å². The van der Waals surface area contributed by atoms with Gasteiger partial charge in [-0.05, 0) is 89.6 Å². The summed E-state index contributed by atoms with van der Waals surface area (Å²) >= 11 is 0. The van der Waals surface area contributed by atoms with E-state index in [1.807, 2.05) is 12.1 Å². The molecule has 0 saturated carbocycles. The number of rotatable bonds is 28. The fraction of sp³-hybridized carbons (Fsp3) is 0.617. The number of phenols is 3. The monoisotopic (exact) mass is 685 g/mol. The Morgan fingerprint density at radius 2 is 0.640 bits per heavy atom. The minimum Gasteiger partial charge on any atom is -0.508 e. The van der Waals surface area contributed by atoms with Gasteiger partial charge in [0.2, 0.25) is 0 Å². The molecule has 3 aromatic rings. The summed E-state index contributed by atoms with van der Waals surface area (Å²) in [4.78, 5) is 0. The molecule has 0 bridgehead atoms. The number of aromatic hydroxyl groups is 3. The van der Waals surface area contributed by atoms with E-state index in [1.165, 1.54) is 145 Å². The molecule has 3 aromatic carbocycles. The number of hydrogen-bond donors (Lipinski definition) is 3. The Balaban J connectivity index is 1.74. The lowest BCUT2D eigenvalue weighted by Gasteiger charge is -2.16. The van der Waals surface area contributed by atoms with Crippen molar-refractivity contribution in [2.45, 2.75) is 188 Å². The van der Waals surface area contributed by atoms with Gasteiger partial charge in [-0.3, -0.25) is 0 Å². The van der Waals surface area contributed by atoms with E-state index in [0.717, 1.165) is 47.9 Å². The molecule has 0 spiro atoms. The summed E-state index contributed by atoms with van der Waals surface area (Å²) in [5, 5.41) is 33.5. The van der Waals surface area contributed by atoms with Crippen LogP contribution < -0.4 is 0 Å². The summed E-state index contributed by atoms with van der Waals surface area (Å²) in [6, 6.07) is 16.4. The van der Waals surface area contributed by atoms with Crippen molar-refractivity contribution in [1.29, 1.82) is 0 Å². The number of unbranched alkanes of at least 4 members (excludes halogenated alkanes) is 18. The SMILES string of the molecule is CCCCCCCCCc1ccc(O)c(Cc2cc(CCCCCCCCC)cc(Cc3cc(CCCCCCCCC)ccc3O)c2O)c1. The molecular weight excluding hydrogens is 613 g/mol. The molecule has 50 heavy (non-hydrogen) atoms. The van der Waals surface area contributed by atoms with E-state index in [9.17, 15) is 15.3 Å². The van der Waals surface area contributed by atoms with Gasteiger partial charge in [0.1, 0.15) is 17.2 Å². The van der Waals surface area contributed by atoms with Crippen LogP contribution in [0.2, 0.25) is 0 Å². The van der Waals surface area contributed by atoms with Crippen LogP contribution in [0, 0.1) is 0 Å². The Morgan fingerprint density at radius 1 is 0.340 bits per heavy atom. The zero-order valence-electron chi connectivity index (χ0n) is 32.3. The van der Waals surface area contributed by atoms with Gasteiger partial charge in [-0.25, -0.2) is 0 Å². The van der Waals surface area contributed by atoms with Crippen molar-refractivity contribution < 1.29 is 15.3 Å². The van der Waals surface area contributed by atoms with Gasteiger partial charge in [-0.15, -0.1) is 0 Å². The molecule has 3 nitrogen and oxygen atoms in total. The average molecular weight is 685 g/mol. The van der Waals surface area contributed by atoms with Crippen LogP contribution in [-0.2, 0) is 32.1 Å². The van der Waals surface area contributed by atoms with Gasteiger partial charge in [0.15, 0.2) is 0 Å². The largest absolute Gasteiger partial charge is 0.508 e. The molecule has 3 rings (SSSR count). The third-order valence-corrected chi connectivity index (χ3v) is 10.6. The molecule has 278 valence electrons. The Morgan fingerprint density at radius 3 is 1.00 bits per heavy atom. The maximum Gasteiger partial charge on any atom is 0.122 e. The first kappa shape index (κ1) is 41.5. The third kappa shape index (κ3) is 15.9. The smallest absolute Gasteiger partial charge is 0.122 e. The highest BCUT2D eigenvalue weighted by atomic mass is 16.3. The van der Waals surface area contributed by atoms with Crippen LogP contribution in [0.25, 0.3) is 0 Å². The van der Waals surface area contributed by atoms with Crippen molar-refractivity contribution in [2.75, 3.05) is 0 Å². The maximum absolute atomic E-state index is 11.7. The minimum atomic E-state index is 0.294. The van der Waals surface area contributed by atoms with E-state index < -0.39 is 0 Å². The zero-order chi connectivity index (χ0) is 35.8. The molecule has 0 radical (unpaired) electrons. The Bertz CT molecular complexity index is 1250. The quantitative estimate of drug-likeness (QED) is 0.0667. The van der Waals surface area contributed by atoms with Crippen LogP contribution >= 0.6 is 0 Å². The van der Waals surface area contributed by atoms with E-state index in [-0.39, 0.29) is 0 Å². The Hall–Kier alpha value is -2.94. The van der Waals surface area contributed by atoms with Crippen molar-refractivity contribution in [3.8, 4) is 17.2 Å². The molecule has 0 aliphatic rings. The number of benzene rings is 3. The predicted molar refractivity (Wildman–Crippen MR) is 215 cm³/mol. The van der Waals surface area contributed by atoms with Crippen molar-refractivity contribution in [3.63, 3.8) is 0 Å². The first-order chi connectivity index (χ1) is 24.4. The average Bonchev–Trinajstić information content (AvgIpc) is 3.11. The Labute approximate surface area is 307 Å². The second-order valence-corrected chi connectivity index (χ2v) is 15.2. The number of aryl methyl sites for hydroxylation is 3. The van der Waals surface area contributed by atoms with Crippen LogP contribution in [0.15, 0.2) is 48.5 Å².